The van der Waals surface area contributed by atoms with E-state index >= 15 is 0 Å². The zero-order chi connectivity index (χ0) is 20.6. The highest BCUT2D eigenvalue weighted by Crippen LogP contribution is 2.14. The van der Waals surface area contributed by atoms with Crippen LogP contribution in [0.5, 0.6) is 5.75 Å². The van der Waals surface area contributed by atoms with Crippen molar-refractivity contribution in [3.05, 3.63) is 59.7 Å². The van der Waals surface area contributed by atoms with Gasteiger partial charge < -0.3 is 15.0 Å². The van der Waals surface area contributed by atoms with Crippen molar-refractivity contribution < 1.29 is 13.2 Å². The van der Waals surface area contributed by atoms with Crippen molar-refractivity contribution in [3.63, 3.8) is 0 Å². The van der Waals surface area contributed by atoms with E-state index in [0.29, 0.717) is 24.6 Å². The van der Waals surface area contributed by atoms with Crippen LogP contribution in [0.3, 0.4) is 0 Å². The molecule has 0 aromatic heterocycles. The fraction of sp³-hybridized carbons (Fsp3) is 0.381. The summed E-state index contributed by atoms with van der Waals surface area (Å²) in [6.07, 6.45) is 1.21. The Kier molecular flexibility index (Phi) is 7.87. The second-order valence-corrected chi connectivity index (χ2v) is 8.54. The number of ether oxygens (including phenoxy) is 1. The van der Waals surface area contributed by atoms with Crippen LogP contribution >= 0.6 is 0 Å². The third-order valence-electron chi connectivity index (χ3n) is 4.11. The highest BCUT2D eigenvalue weighted by Gasteiger charge is 2.08. The Hall–Kier alpha value is -2.54. The molecule has 1 N–H and O–H groups in total. The van der Waals surface area contributed by atoms with E-state index in [1.807, 2.05) is 33.0 Å². The van der Waals surface area contributed by atoms with Gasteiger partial charge in [0.2, 0.25) is 0 Å². The summed E-state index contributed by atoms with van der Waals surface area (Å²) in [6, 6.07) is 14.9. The predicted molar refractivity (Wildman–Crippen MR) is 113 cm³/mol. The van der Waals surface area contributed by atoms with Gasteiger partial charge in [0.1, 0.15) is 5.75 Å². The van der Waals surface area contributed by atoms with E-state index in [4.69, 9.17) is 4.74 Å². The summed E-state index contributed by atoms with van der Waals surface area (Å²) in [4.78, 5) is 7.05. The largest absolute Gasteiger partial charge is 0.494 e. The number of hydrogen-bond donors (Lipinski definition) is 1. The van der Waals surface area contributed by atoms with Crippen LogP contribution in [0.15, 0.2) is 58.4 Å². The summed E-state index contributed by atoms with van der Waals surface area (Å²) in [7, 11) is -1.19. The molecular weight excluding hydrogens is 374 g/mol. The number of nitrogens with zero attached hydrogens (tertiary/aromatic N) is 2. The molecule has 0 saturated carbocycles. The summed E-state index contributed by atoms with van der Waals surface area (Å²) in [5.74, 6) is 1.66. The normalized spacial score (nSPS) is 11.9. The van der Waals surface area contributed by atoms with E-state index in [2.05, 4.69) is 27.3 Å². The molecule has 28 heavy (non-hydrogen) atoms. The maximum Gasteiger partial charge on any atom is 0.194 e. The lowest BCUT2D eigenvalue weighted by molar-refractivity contribution is 0.340. The molecule has 2 aromatic rings. The minimum Gasteiger partial charge on any atom is -0.494 e. The Labute approximate surface area is 168 Å². The van der Waals surface area contributed by atoms with E-state index < -0.39 is 9.84 Å². The lowest BCUT2D eigenvalue weighted by Crippen LogP contribution is -2.38. The summed E-state index contributed by atoms with van der Waals surface area (Å²) in [5, 5.41) is 3.30. The van der Waals surface area contributed by atoms with Crippen molar-refractivity contribution in [2.24, 2.45) is 4.99 Å². The maximum atomic E-state index is 11.6. The van der Waals surface area contributed by atoms with Crippen molar-refractivity contribution in [1.82, 2.24) is 10.2 Å². The molecule has 0 atom stereocenters. The Bertz CT molecular complexity index is 876. The molecule has 0 aliphatic rings. The van der Waals surface area contributed by atoms with Gasteiger partial charge in [-0.05, 0) is 49.2 Å². The van der Waals surface area contributed by atoms with E-state index in [0.717, 1.165) is 29.4 Å². The molecule has 2 aromatic carbocycles. The van der Waals surface area contributed by atoms with Crippen molar-refractivity contribution in [3.8, 4) is 5.75 Å². The Morgan fingerprint density at radius 2 is 1.64 bits per heavy atom. The van der Waals surface area contributed by atoms with Gasteiger partial charge in [0.05, 0.1) is 18.0 Å². The van der Waals surface area contributed by atoms with Crippen LogP contribution in [-0.2, 0) is 22.9 Å². The Morgan fingerprint density at radius 1 is 1.04 bits per heavy atom. The number of nitrogens with one attached hydrogen (secondary N) is 1. The average Bonchev–Trinajstić information content (AvgIpc) is 2.66. The fourth-order valence-corrected chi connectivity index (χ4v) is 3.31. The molecule has 0 unspecified atom stereocenters. The minimum atomic E-state index is -3.18. The molecular formula is C21H29N3O3S. The van der Waals surface area contributed by atoms with Crippen molar-refractivity contribution in [1.29, 1.82) is 0 Å². The molecule has 0 aliphatic carbocycles. The van der Waals surface area contributed by atoms with Gasteiger partial charge in [0.15, 0.2) is 15.8 Å². The van der Waals surface area contributed by atoms with Gasteiger partial charge in [0, 0.05) is 26.4 Å². The first-order valence-electron chi connectivity index (χ1n) is 9.33. The van der Waals surface area contributed by atoms with Gasteiger partial charge in [-0.3, -0.25) is 0 Å². The van der Waals surface area contributed by atoms with Gasteiger partial charge >= 0.3 is 0 Å². The predicted octanol–water partition coefficient (Wildman–Crippen LogP) is 3.09. The lowest BCUT2D eigenvalue weighted by Gasteiger charge is -2.22. The molecule has 0 amide bonds. The fourth-order valence-electron chi connectivity index (χ4n) is 2.68. The quantitative estimate of drug-likeness (QED) is 0.542. The highest BCUT2D eigenvalue weighted by atomic mass is 32.2. The number of benzene rings is 2. The van der Waals surface area contributed by atoms with E-state index in [1.165, 1.54) is 6.26 Å². The van der Waals surface area contributed by atoms with Gasteiger partial charge in [-0.1, -0.05) is 24.3 Å². The monoisotopic (exact) mass is 403 g/mol. The van der Waals surface area contributed by atoms with Crippen molar-refractivity contribution >= 4 is 15.8 Å². The van der Waals surface area contributed by atoms with Crippen LogP contribution in [-0.4, -0.2) is 45.7 Å². The van der Waals surface area contributed by atoms with Crippen LogP contribution in [0.2, 0.25) is 0 Å². The second kappa shape index (κ2) is 10.1. The van der Waals surface area contributed by atoms with E-state index in [1.54, 1.807) is 24.3 Å². The molecule has 7 heteroatoms. The second-order valence-electron chi connectivity index (χ2n) is 6.52. The van der Waals surface area contributed by atoms with E-state index in [9.17, 15) is 8.42 Å². The number of guanidine groups is 1. The van der Waals surface area contributed by atoms with Crippen LogP contribution in [0.1, 0.15) is 25.0 Å². The maximum absolute atomic E-state index is 11.6. The zero-order valence-electron chi connectivity index (χ0n) is 17.0. The molecule has 0 saturated heterocycles. The molecule has 2 rings (SSSR count). The molecule has 0 radical (unpaired) electrons. The van der Waals surface area contributed by atoms with Crippen LogP contribution in [0, 0.1) is 0 Å². The average molecular weight is 404 g/mol. The molecule has 0 spiro atoms. The first-order chi connectivity index (χ1) is 13.3. The molecule has 6 nitrogen and oxygen atoms in total. The Balaban J connectivity index is 2.05. The van der Waals surface area contributed by atoms with Crippen LogP contribution in [0.4, 0.5) is 0 Å². The first-order valence-corrected chi connectivity index (χ1v) is 11.2. The van der Waals surface area contributed by atoms with Gasteiger partial charge in [0.25, 0.3) is 0 Å². The standard InChI is InChI=1S/C21H29N3O3S/c1-5-22-21(23-15-17-9-13-20(14-10-17)28(4,25)26)24(3)16-18-7-11-19(12-8-18)27-6-2/h7-14H,5-6,15-16H2,1-4H3,(H,22,23). The number of hydrogen-bond acceptors (Lipinski definition) is 4. The summed E-state index contributed by atoms with van der Waals surface area (Å²) in [5.41, 5.74) is 2.12. The zero-order valence-corrected chi connectivity index (χ0v) is 17.8. The highest BCUT2D eigenvalue weighted by molar-refractivity contribution is 7.90. The topological polar surface area (TPSA) is 71.0 Å². The van der Waals surface area contributed by atoms with Gasteiger partial charge in [-0.15, -0.1) is 0 Å². The Morgan fingerprint density at radius 3 is 2.18 bits per heavy atom. The van der Waals surface area contributed by atoms with Crippen LogP contribution < -0.4 is 10.1 Å². The third kappa shape index (κ3) is 6.56. The third-order valence-corrected chi connectivity index (χ3v) is 5.24. The van der Waals surface area contributed by atoms with E-state index in [-0.39, 0.29) is 0 Å². The minimum absolute atomic E-state index is 0.319. The number of aliphatic imine (C=N–C) groups is 1. The summed E-state index contributed by atoms with van der Waals surface area (Å²) in [6.45, 7) is 6.60. The summed E-state index contributed by atoms with van der Waals surface area (Å²) < 4.78 is 28.6. The molecule has 152 valence electrons. The SMILES string of the molecule is CCNC(=NCc1ccc(S(C)(=O)=O)cc1)N(C)Cc1ccc(OCC)cc1. The van der Waals surface area contributed by atoms with Crippen LogP contribution in [0.25, 0.3) is 0 Å². The van der Waals surface area contributed by atoms with Crippen molar-refractivity contribution in [2.45, 2.75) is 31.8 Å². The summed E-state index contributed by atoms with van der Waals surface area (Å²) >= 11 is 0. The molecule has 0 aliphatic heterocycles. The van der Waals surface area contributed by atoms with Crippen molar-refractivity contribution in [2.75, 3.05) is 26.5 Å². The molecule has 0 heterocycles. The molecule has 0 bridgehead atoms. The van der Waals surface area contributed by atoms with Gasteiger partial charge in [-0.25, -0.2) is 13.4 Å². The van der Waals surface area contributed by atoms with Gasteiger partial charge in [-0.2, -0.15) is 0 Å². The molecule has 0 fully saturated rings. The number of rotatable bonds is 8. The lowest BCUT2D eigenvalue weighted by atomic mass is 10.2. The first kappa shape index (κ1) is 21.8. The number of sulfone groups is 1. The smallest absolute Gasteiger partial charge is 0.194 e.